The lowest BCUT2D eigenvalue weighted by molar-refractivity contribution is 1.05. The Bertz CT molecular complexity index is 598. The van der Waals surface area contributed by atoms with Crippen LogP contribution in [0.1, 0.15) is 36.4 Å². The molecule has 1 aromatic rings. The van der Waals surface area contributed by atoms with Gasteiger partial charge in [-0.1, -0.05) is 51.1 Å². The SMILES string of the molecule is C=C/C=C\C(=C/C)Cc1c(C)c(C(=C)C)n(B(C)C)c1C. The van der Waals surface area contributed by atoms with Crippen LogP contribution >= 0.6 is 0 Å². The van der Waals surface area contributed by atoms with E-state index in [4.69, 9.17) is 0 Å². The smallest absolute Gasteiger partial charge is 0.253 e. The Balaban J connectivity index is 3.38. The van der Waals surface area contributed by atoms with Crippen molar-refractivity contribution in [2.75, 3.05) is 0 Å². The Morgan fingerprint density at radius 2 is 1.90 bits per heavy atom. The summed E-state index contributed by atoms with van der Waals surface area (Å²) in [6, 6.07) is 0. The third-order valence-corrected chi connectivity index (χ3v) is 3.97. The van der Waals surface area contributed by atoms with Gasteiger partial charge in [0.25, 0.3) is 6.85 Å². The lowest BCUT2D eigenvalue weighted by Crippen LogP contribution is -2.19. The number of allylic oxidation sites excluding steroid dienone is 6. The molecule has 0 saturated heterocycles. The van der Waals surface area contributed by atoms with E-state index in [1.165, 1.54) is 28.1 Å². The number of aromatic nitrogens is 1. The zero-order valence-corrected chi connectivity index (χ0v) is 14.5. The second kappa shape index (κ2) is 7.35. The molecule has 0 unspecified atom stereocenters. The second-order valence-corrected chi connectivity index (χ2v) is 5.92. The molecule has 1 nitrogen and oxygen atoms in total. The van der Waals surface area contributed by atoms with E-state index in [1.807, 2.05) is 12.2 Å². The molecule has 0 aliphatic carbocycles. The number of hydrogen-bond donors (Lipinski definition) is 0. The molecule has 0 bridgehead atoms. The van der Waals surface area contributed by atoms with Crippen molar-refractivity contribution >= 4 is 12.4 Å². The maximum Gasteiger partial charge on any atom is 0.253 e. The summed E-state index contributed by atoms with van der Waals surface area (Å²) in [6.07, 6.45) is 9.09. The first-order valence-corrected chi connectivity index (χ1v) is 7.65. The molecule has 0 aliphatic rings. The maximum atomic E-state index is 4.17. The van der Waals surface area contributed by atoms with E-state index in [0.717, 1.165) is 12.0 Å². The van der Waals surface area contributed by atoms with Gasteiger partial charge < -0.3 is 4.48 Å². The molecule has 21 heavy (non-hydrogen) atoms. The number of nitrogens with zero attached hydrogens (tertiary/aromatic N) is 1. The van der Waals surface area contributed by atoms with E-state index in [0.29, 0.717) is 6.85 Å². The van der Waals surface area contributed by atoms with Crippen molar-refractivity contribution in [3.8, 4) is 0 Å². The highest BCUT2D eigenvalue weighted by Crippen LogP contribution is 2.29. The molecule has 1 heterocycles. The van der Waals surface area contributed by atoms with E-state index in [1.54, 1.807) is 0 Å². The first-order chi connectivity index (χ1) is 9.84. The third-order valence-electron chi connectivity index (χ3n) is 3.97. The molecule has 0 fully saturated rings. The van der Waals surface area contributed by atoms with Crippen LogP contribution in [0.5, 0.6) is 0 Å². The van der Waals surface area contributed by atoms with E-state index in [-0.39, 0.29) is 0 Å². The van der Waals surface area contributed by atoms with Crippen LogP contribution in [0.3, 0.4) is 0 Å². The third kappa shape index (κ3) is 3.69. The van der Waals surface area contributed by atoms with Gasteiger partial charge in [-0.05, 0) is 56.4 Å². The average Bonchev–Trinajstić information content (AvgIpc) is 2.67. The minimum atomic E-state index is 0.446. The van der Waals surface area contributed by atoms with Gasteiger partial charge in [0, 0.05) is 11.4 Å². The fraction of sp³-hybridized carbons (Fsp3) is 0.368. The molecule has 1 rings (SSSR count). The number of rotatable bonds is 6. The second-order valence-electron chi connectivity index (χ2n) is 5.92. The summed E-state index contributed by atoms with van der Waals surface area (Å²) in [6.45, 7) is 21.5. The van der Waals surface area contributed by atoms with E-state index in [9.17, 15) is 0 Å². The van der Waals surface area contributed by atoms with Gasteiger partial charge in [-0.2, -0.15) is 0 Å². The molecule has 1 aromatic heterocycles. The highest BCUT2D eigenvalue weighted by molar-refractivity contribution is 6.54. The monoisotopic (exact) mass is 281 g/mol. The Hall–Kier alpha value is -1.70. The summed E-state index contributed by atoms with van der Waals surface area (Å²) in [7, 11) is 0. The highest BCUT2D eigenvalue weighted by Gasteiger charge is 2.20. The first-order valence-electron chi connectivity index (χ1n) is 7.65. The van der Waals surface area contributed by atoms with Crippen molar-refractivity contribution in [1.82, 2.24) is 4.48 Å². The zero-order chi connectivity index (χ0) is 16.2. The van der Waals surface area contributed by atoms with Crippen molar-refractivity contribution in [2.45, 2.75) is 47.8 Å². The molecule has 0 N–H and O–H groups in total. The van der Waals surface area contributed by atoms with Gasteiger partial charge in [0.2, 0.25) is 0 Å². The van der Waals surface area contributed by atoms with Crippen LogP contribution < -0.4 is 0 Å². The predicted octanol–water partition coefficient (Wildman–Crippen LogP) is 5.47. The van der Waals surface area contributed by atoms with Gasteiger partial charge in [-0.3, -0.25) is 0 Å². The molecular formula is C19H28BN. The Morgan fingerprint density at radius 3 is 2.29 bits per heavy atom. The molecular weight excluding hydrogens is 253 g/mol. The maximum absolute atomic E-state index is 4.17. The van der Waals surface area contributed by atoms with Crippen LogP contribution in [-0.2, 0) is 6.42 Å². The molecule has 0 radical (unpaired) electrons. The molecule has 0 saturated carbocycles. The summed E-state index contributed by atoms with van der Waals surface area (Å²) in [5, 5.41) is 0. The van der Waals surface area contributed by atoms with Crippen molar-refractivity contribution in [3.63, 3.8) is 0 Å². The number of hydrogen-bond acceptors (Lipinski definition) is 0. The molecule has 2 heteroatoms. The summed E-state index contributed by atoms with van der Waals surface area (Å²) < 4.78 is 2.41. The largest absolute Gasteiger partial charge is 0.390 e. The predicted molar refractivity (Wildman–Crippen MR) is 98.3 cm³/mol. The van der Waals surface area contributed by atoms with Crippen LogP contribution in [0, 0.1) is 13.8 Å². The van der Waals surface area contributed by atoms with Crippen molar-refractivity contribution < 1.29 is 0 Å². The van der Waals surface area contributed by atoms with E-state index in [2.05, 4.69) is 71.1 Å². The molecule has 0 atom stereocenters. The molecule has 0 spiro atoms. The highest BCUT2D eigenvalue weighted by atomic mass is 14.9. The van der Waals surface area contributed by atoms with Crippen molar-refractivity contribution in [2.24, 2.45) is 0 Å². The van der Waals surface area contributed by atoms with Gasteiger partial charge in [0.15, 0.2) is 0 Å². The summed E-state index contributed by atoms with van der Waals surface area (Å²) in [5.74, 6) is 0. The quantitative estimate of drug-likeness (QED) is 0.481. The van der Waals surface area contributed by atoms with Gasteiger partial charge in [0.05, 0.1) is 0 Å². The van der Waals surface area contributed by atoms with Gasteiger partial charge in [-0.25, -0.2) is 0 Å². The summed E-state index contributed by atoms with van der Waals surface area (Å²) >= 11 is 0. The molecule has 0 aliphatic heterocycles. The lowest BCUT2D eigenvalue weighted by atomic mass is 9.67. The van der Waals surface area contributed by atoms with Crippen LogP contribution in [-0.4, -0.2) is 11.3 Å². The summed E-state index contributed by atoms with van der Waals surface area (Å²) in [5.41, 5.74) is 7.88. The van der Waals surface area contributed by atoms with Crippen molar-refractivity contribution in [1.29, 1.82) is 0 Å². The Kier molecular flexibility index (Phi) is 6.08. The van der Waals surface area contributed by atoms with E-state index < -0.39 is 0 Å². The van der Waals surface area contributed by atoms with Crippen LogP contribution in [0.4, 0.5) is 0 Å². The van der Waals surface area contributed by atoms with Crippen LogP contribution in [0.15, 0.2) is 43.0 Å². The van der Waals surface area contributed by atoms with Crippen molar-refractivity contribution in [3.05, 3.63) is 65.5 Å². The Morgan fingerprint density at radius 1 is 1.29 bits per heavy atom. The van der Waals surface area contributed by atoms with Crippen LogP contribution in [0.25, 0.3) is 5.57 Å². The van der Waals surface area contributed by atoms with Gasteiger partial charge in [-0.15, -0.1) is 0 Å². The molecule has 0 aromatic carbocycles. The normalized spacial score (nSPS) is 12.0. The minimum Gasteiger partial charge on any atom is -0.390 e. The molecule has 112 valence electrons. The lowest BCUT2D eigenvalue weighted by Gasteiger charge is -2.14. The van der Waals surface area contributed by atoms with Gasteiger partial charge in [0.1, 0.15) is 0 Å². The van der Waals surface area contributed by atoms with Crippen LogP contribution in [0.2, 0.25) is 13.6 Å². The zero-order valence-electron chi connectivity index (χ0n) is 14.5. The molecule has 0 amide bonds. The minimum absolute atomic E-state index is 0.446. The van der Waals surface area contributed by atoms with Gasteiger partial charge >= 0.3 is 0 Å². The first kappa shape index (κ1) is 17.4. The van der Waals surface area contributed by atoms with E-state index >= 15 is 0 Å². The fourth-order valence-corrected chi connectivity index (χ4v) is 2.99. The Labute approximate surface area is 130 Å². The fourth-order valence-electron chi connectivity index (χ4n) is 2.99. The summed E-state index contributed by atoms with van der Waals surface area (Å²) in [4.78, 5) is 0. The average molecular weight is 281 g/mol. The standard InChI is InChI=1S/C19H28BN/c1-9-11-12-17(10-2)13-18-15(5)19(14(3)4)21(16(18)6)20(7)8/h9-12H,1,3,13H2,2,4-8H3/b12-11-,17-10+. The topological polar surface area (TPSA) is 4.93 Å².